The fraction of sp³-hybridized carbons (Fsp3) is 0.263. The van der Waals surface area contributed by atoms with Gasteiger partial charge in [-0.15, -0.1) is 0 Å². The highest BCUT2D eigenvalue weighted by Gasteiger charge is 2.21. The summed E-state index contributed by atoms with van der Waals surface area (Å²) in [6.45, 7) is 3.08. The molecule has 2 heterocycles. The summed E-state index contributed by atoms with van der Waals surface area (Å²) < 4.78 is 32.1. The van der Waals surface area contributed by atoms with Gasteiger partial charge in [0.1, 0.15) is 18.0 Å². The molecule has 0 amide bonds. The van der Waals surface area contributed by atoms with Crippen LogP contribution in [0.5, 0.6) is 5.75 Å². The second-order valence-corrected chi connectivity index (χ2v) is 6.15. The zero-order chi connectivity index (χ0) is 18.1. The van der Waals surface area contributed by atoms with Crippen molar-refractivity contribution in [3.05, 3.63) is 54.4 Å². The van der Waals surface area contributed by atoms with Gasteiger partial charge in [0.05, 0.1) is 12.6 Å². The largest absolute Gasteiger partial charge is 0.494 e. The van der Waals surface area contributed by atoms with Crippen molar-refractivity contribution in [1.82, 2.24) is 9.97 Å². The highest BCUT2D eigenvalue weighted by Crippen LogP contribution is 2.30. The number of piperazine rings is 1. The summed E-state index contributed by atoms with van der Waals surface area (Å²) in [5, 5.41) is 0.765. The quantitative estimate of drug-likeness (QED) is 0.721. The third kappa shape index (κ3) is 3.00. The SMILES string of the molecule is COc1cc2c(N3CCN(c4ccc(F)cc4)CC3)ncnc2cc1F. The molecule has 7 heteroatoms. The second kappa shape index (κ2) is 6.74. The molecular formula is C19H18F2N4O. The van der Waals surface area contributed by atoms with Gasteiger partial charge in [-0.1, -0.05) is 0 Å². The average molecular weight is 356 g/mol. The lowest BCUT2D eigenvalue weighted by atomic mass is 10.2. The Kier molecular flexibility index (Phi) is 4.28. The van der Waals surface area contributed by atoms with E-state index < -0.39 is 5.82 Å². The van der Waals surface area contributed by atoms with Crippen molar-refractivity contribution in [2.45, 2.75) is 0 Å². The van der Waals surface area contributed by atoms with Gasteiger partial charge in [-0.3, -0.25) is 0 Å². The maximum atomic E-state index is 13.9. The van der Waals surface area contributed by atoms with Gasteiger partial charge in [0.2, 0.25) is 0 Å². The summed E-state index contributed by atoms with van der Waals surface area (Å²) in [7, 11) is 1.44. The van der Waals surface area contributed by atoms with Crippen molar-refractivity contribution in [1.29, 1.82) is 0 Å². The fourth-order valence-electron chi connectivity index (χ4n) is 3.28. The van der Waals surface area contributed by atoms with Crippen LogP contribution in [0.15, 0.2) is 42.7 Å². The molecule has 1 saturated heterocycles. The molecule has 0 spiro atoms. The van der Waals surface area contributed by atoms with Crippen LogP contribution in [0.4, 0.5) is 20.3 Å². The Morgan fingerprint density at radius 3 is 2.31 bits per heavy atom. The van der Waals surface area contributed by atoms with E-state index >= 15 is 0 Å². The average Bonchev–Trinajstić information content (AvgIpc) is 2.68. The van der Waals surface area contributed by atoms with Crippen LogP contribution in [-0.4, -0.2) is 43.3 Å². The van der Waals surface area contributed by atoms with E-state index in [4.69, 9.17) is 4.74 Å². The lowest BCUT2D eigenvalue weighted by Crippen LogP contribution is -2.46. The first kappa shape index (κ1) is 16.5. The van der Waals surface area contributed by atoms with Crippen LogP contribution in [0.3, 0.4) is 0 Å². The molecule has 1 aliphatic heterocycles. The molecule has 0 aliphatic carbocycles. The first-order chi connectivity index (χ1) is 12.7. The molecule has 0 unspecified atom stereocenters. The maximum Gasteiger partial charge on any atom is 0.167 e. The molecule has 5 nitrogen and oxygen atoms in total. The van der Waals surface area contributed by atoms with Crippen LogP contribution >= 0.6 is 0 Å². The van der Waals surface area contributed by atoms with E-state index in [1.807, 2.05) is 0 Å². The Bertz CT molecular complexity index is 925. The van der Waals surface area contributed by atoms with Gasteiger partial charge in [0, 0.05) is 43.3 Å². The topological polar surface area (TPSA) is 41.5 Å². The predicted molar refractivity (Wildman–Crippen MR) is 96.9 cm³/mol. The Hall–Kier alpha value is -2.96. The Morgan fingerprint density at radius 2 is 1.62 bits per heavy atom. The Morgan fingerprint density at radius 1 is 0.923 bits per heavy atom. The number of aromatic nitrogens is 2. The number of methoxy groups -OCH3 is 1. The zero-order valence-electron chi connectivity index (χ0n) is 14.3. The molecule has 3 aromatic rings. The molecule has 0 radical (unpaired) electrons. The number of rotatable bonds is 3. The van der Waals surface area contributed by atoms with Crippen molar-refractivity contribution in [2.75, 3.05) is 43.1 Å². The van der Waals surface area contributed by atoms with Gasteiger partial charge in [-0.2, -0.15) is 0 Å². The van der Waals surface area contributed by atoms with E-state index in [9.17, 15) is 8.78 Å². The molecule has 0 N–H and O–H groups in total. The van der Waals surface area contributed by atoms with Crippen LogP contribution in [-0.2, 0) is 0 Å². The molecule has 0 atom stereocenters. The third-order valence-electron chi connectivity index (χ3n) is 4.66. The molecule has 2 aromatic carbocycles. The number of halogens is 2. The molecule has 1 aromatic heterocycles. The summed E-state index contributed by atoms with van der Waals surface area (Å²) in [6.07, 6.45) is 1.45. The van der Waals surface area contributed by atoms with Crippen molar-refractivity contribution in [3.8, 4) is 5.75 Å². The molecule has 4 rings (SSSR count). The van der Waals surface area contributed by atoms with Gasteiger partial charge in [0.15, 0.2) is 11.6 Å². The number of fused-ring (bicyclic) bond motifs is 1. The van der Waals surface area contributed by atoms with Gasteiger partial charge >= 0.3 is 0 Å². The van der Waals surface area contributed by atoms with E-state index in [0.29, 0.717) is 5.52 Å². The predicted octanol–water partition coefficient (Wildman–Crippen LogP) is 3.24. The molecule has 134 valence electrons. The minimum atomic E-state index is -0.439. The van der Waals surface area contributed by atoms with E-state index in [1.54, 1.807) is 18.2 Å². The Labute approximate surface area is 149 Å². The number of ether oxygens (including phenoxy) is 1. The summed E-state index contributed by atoms with van der Waals surface area (Å²) >= 11 is 0. The lowest BCUT2D eigenvalue weighted by Gasteiger charge is -2.37. The van der Waals surface area contributed by atoms with Crippen molar-refractivity contribution < 1.29 is 13.5 Å². The number of anilines is 2. The minimum Gasteiger partial charge on any atom is -0.494 e. The molecule has 26 heavy (non-hydrogen) atoms. The van der Waals surface area contributed by atoms with E-state index in [1.165, 1.54) is 31.6 Å². The van der Waals surface area contributed by atoms with Gasteiger partial charge in [0.25, 0.3) is 0 Å². The monoisotopic (exact) mass is 356 g/mol. The fourth-order valence-corrected chi connectivity index (χ4v) is 3.28. The third-order valence-corrected chi connectivity index (χ3v) is 4.66. The zero-order valence-corrected chi connectivity index (χ0v) is 14.3. The first-order valence-electron chi connectivity index (χ1n) is 8.39. The number of benzene rings is 2. The summed E-state index contributed by atoms with van der Waals surface area (Å²) in [6, 6.07) is 9.54. The van der Waals surface area contributed by atoms with Gasteiger partial charge in [-0.05, 0) is 30.3 Å². The van der Waals surface area contributed by atoms with Gasteiger partial charge in [-0.25, -0.2) is 18.7 Å². The molecular weight excluding hydrogens is 338 g/mol. The minimum absolute atomic E-state index is 0.179. The van der Waals surface area contributed by atoms with Crippen molar-refractivity contribution in [3.63, 3.8) is 0 Å². The van der Waals surface area contributed by atoms with Crippen LogP contribution in [0.25, 0.3) is 10.9 Å². The molecule has 0 saturated carbocycles. The summed E-state index contributed by atoms with van der Waals surface area (Å²) in [4.78, 5) is 12.9. The summed E-state index contributed by atoms with van der Waals surface area (Å²) in [5.74, 6) is 0.275. The normalized spacial score (nSPS) is 14.7. The van der Waals surface area contributed by atoms with Gasteiger partial charge < -0.3 is 14.5 Å². The molecule has 1 fully saturated rings. The number of nitrogens with zero attached hydrogens (tertiary/aromatic N) is 4. The standard InChI is InChI=1S/C19H18F2N4O/c1-26-18-10-15-17(11-16(18)21)22-12-23-19(15)25-8-6-24(7-9-25)14-4-2-13(20)3-5-14/h2-5,10-12H,6-9H2,1H3. The van der Waals surface area contributed by atoms with Crippen molar-refractivity contribution in [2.24, 2.45) is 0 Å². The smallest absolute Gasteiger partial charge is 0.167 e. The summed E-state index contributed by atoms with van der Waals surface area (Å²) in [5.41, 5.74) is 1.55. The second-order valence-electron chi connectivity index (χ2n) is 6.15. The molecule has 1 aliphatic rings. The van der Waals surface area contributed by atoms with Crippen LogP contribution < -0.4 is 14.5 Å². The van der Waals surface area contributed by atoms with Crippen LogP contribution in [0.1, 0.15) is 0 Å². The lowest BCUT2D eigenvalue weighted by molar-refractivity contribution is 0.387. The van der Waals surface area contributed by atoms with Crippen molar-refractivity contribution >= 4 is 22.4 Å². The van der Waals surface area contributed by atoms with Crippen LogP contribution in [0, 0.1) is 11.6 Å². The Balaban J connectivity index is 1.58. The first-order valence-corrected chi connectivity index (χ1v) is 8.39. The number of hydrogen-bond acceptors (Lipinski definition) is 5. The van der Waals surface area contributed by atoms with E-state index in [-0.39, 0.29) is 11.6 Å². The van der Waals surface area contributed by atoms with E-state index in [2.05, 4.69) is 19.8 Å². The highest BCUT2D eigenvalue weighted by atomic mass is 19.1. The maximum absolute atomic E-state index is 13.9. The molecule has 0 bridgehead atoms. The highest BCUT2D eigenvalue weighted by molar-refractivity contribution is 5.90. The van der Waals surface area contributed by atoms with E-state index in [0.717, 1.165) is 43.1 Å². The number of hydrogen-bond donors (Lipinski definition) is 0. The van der Waals surface area contributed by atoms with Crippen LogP contribution in [0.2, 0.25) is 0 Å².